The Morgan fingerprint density at radius 1 is 1.00 bits per heavy atom. The van der Waals surface area contributed by atoms with Crippen LogP contribution in [0.15, 0.2) is 24.3 Å². The third-order valence-electron chi connectivity index (χ3n) is 2.88. The van der Waals surface area contributed by atoms with Crippen molar-refractivity contribution in [1.82, 2.24) is 0 Å². The molecular formula is C12H20. The van der Waals surface area contributed by atoms with Crippen LogP contribution < -0.4 is 0 Å². The van der Waals surface area contributed by atoms with E-state index in [9.17, 15) is 0 Å². The van der Waals surface area contributed by atoms with Gasteiger partial charge in [-0.3, -0.25) is 0 Å². The van der Waals surface area contributed by atoms with Gasteiger partial charge in [0.2, 0.25) is 0 Å². The van der Waals surface area contributed by atoms with Crippen LogP contribution in [0.2, 0.25) is 0 Å². The average molecular weight is 164 g/mol. The molecule has 0 amide bonds. The molecule has 0 aliphatic heterocycles. The Morgan fingerprint density at radius 3 is 2.25 bits per heavy atom. The van der Waals surface area contributed by atoms with Gasteiger partial charge in [-0.25, -0.2) is 0 Å². The van der Waals surface area contributed by atoms with E-state index in [0.29, 0.717) is 0 Å². The van der Waals surface area contributed by atoms with Crippen molar-refractivity contribution in [2.75, 3.05) is 0 Å². The summed E-state index contributed by atoms with van der Waals surface area (Å²) < 4.78 is 0. The zero-order chi connectivity index (χ0) is 8.97. The maximum Gasteiger partial charge on any atom is -0.0202 e. The Morgan fingerprint density at radius 2 is 1.67 bits per heavy atom. The first-order valence-electron chi connectivity index (χ1n) is 5.03. The molecule has 0 aromatic carbocycles. The fraction of sp³-hybridized carbons (Fsp3) is 0.667. The zero-order valence-electron chi connectivity index (χ0n) is 8.46. The van der Waals surface area contributed by atoms with Gasteiger partial charge >= 0.3 is 0 Å². The summed E-state index contributed by atoms with van der Waals surface area (Å²) in [4.78, 5) is 0. The van der Waals surface area contributed by atoms with E-state index in [-0.39, 0.29) is 0 Å². The predicted octanol–water partition coefficient (Wildman–Crippen LogP) is 3.80. The average Bonchev–Trinajstić information content (AvgIpc) is 2.34. The van der Waals surface area contributed by atoms with Crippen LogP contribution in [-0.2, 0) is 0 Å². The van der Waals surface area contributed by atoms with Gasteiger partial charge in [0.25, 0.3) is 0 Å². The number of hydrogen-bond acceptors (Lipinski definition) is 0. The second-order valence-electron chi connectivity index (χ2n) is 3.92. The van der Waals surface area contributed by atoms with Gasteiger partial charge in [0, 0.05) is 0 Å². The summed E-state index contributed by atoms with van der Waals surface area (Å²) in [5.74, 6) is 2.55. The fourth-order valence-corrected chi connectivity index (χ4v) is 2.28. The van der Waals surface area contributed by atoms with Crippen LogP contribution in [0.5, 0.6) is 0 Å². The largest absolute Gasteiger partial charge is 0.0914 e. The van der Waals surface area contributed by atoms with E-state index in [1.165, 1.54) is 12.8 Å². The molecule has 0 radical (unpaired) electrons. The third-order valence-corrected chi connectivity index (χ3v) is 2.88. The summed E-state index contributed by atoms with van der Waals surface area (Å²) in [5, 5.41) is 0. The molecule has 1 fully saturated rings. The first kappa shape index (κ1) is 9.57. The van der Waals surface area contributed by atoms with Crippen molar-refractivity contribution in [1.29, 1.82) is 0 Å². The summed E-state index contributed by atoms with van der Waals surface area (Å²) in [6.07, 6.45) is 11.8. The lowest BCUT2D eigenvalue weighted by Crippen LogP contribution is -1.98. The lowest BCUT2D eigenvalue weighted by atomic mass is 9.98. The van der Waals surface area contributed by atoms with Crippen LogP contribution in [0, 0.1) is 17.8 Å². The zero-order valence-corrected chi connectivity index (χ0v) is 8.46. The molecule has 3 unspecified atom stereocenters. The molecule has 1 aliphatic carbocycles. The smallest absolute Gasteiger partial charge is 0.0202 e. The van der Waals surface area contributed by atoms with Crippen molar-refractivity contribution in [3.63, 3.8) is 0 Å². The summed E-state index contributed by atoms with van der Waals surface area (Å²) in [7, 11) is 0. The Kier molecular flexibility index (Phi) is 3.58. The van der Waals surface area contributed by atoms with Gasteiger partial charge in [0.05, 0.1) is 0 Å². The van der Waals surface area contributed by atoms with Crippen LogP contribution in [0.25, 0.3) is 0 Å². The predicted molar refractivity (Wildman–Crippen MR) is 55.0 cm³/mol. The molecule has 0 spiro atoms. The van der Waals surface area contributed by atoms with Gasteiger partial charge < -0.3 is 0 Å². The minimum atomic E-state index is 0.830. The standard InChI is InChI=1S/C12H20/c1-4-6-11-8-10(3)12(9-11)7-5-2/h4-7,10-12H,8-9H2,1-3H3/b6-4+,7-5+. The highest BCUT2D eigenvalue weighted by atomic mass is 14.3. The molecule has 0 bridgehead atoms. The Bertz CT molecular complexity index is 176. The van der Waals surface area contributed by atoms with Crippen molar-refractivity contribution in [3.05, 3.63) is 24.3 Å². The SMILES string of the molecule is C/C=C/C1CC(C)C(/C=C/C)C1. The molecule has 68 valence electrons. The summed E-state index contributed by atoms with van der Waals surface area (Å²) in [6, 6.07) is 0. The molecule has 0 nitrogen and oxygen atoms in total. The summed E-state index contributed by atoms with van der Waals surface area (Å²) >= 11 is 0. The molecule has 0 aromatic rings. The van der Waals surface area contributed by atoms with E-state index in [1.54, 1.807) is 0 Å². The number of rotatable bonds is 2. The van der Waals surface area contributed by atoms with Gasteiger partial charge in [-0.15, -0.1) is 0 Å². The molecule has 12 heavy (non-hydrogen) atoms. The van der Waals surface area contributed by atoms with E-state index in [4.69, 9.17) is 0 Å². The monoisotopic (exact) mass is 164 g/mol. The second kappa shape index (κ2) is 4.49. The van der Waals surface area contributed by atoms with Crippen LogP contribution in [-0.4, -0.2) is 0 Å². The van der Waals surface area contributed by atoms with Gasteiger partial charge in [0.15, 0.2) is 0 Å². The van der Waals surface area contributed by atoms with Gasteiger partial charge in [-0.05, 0) is 44.4 Å². The lowest BCUT2D eigenvalue weighted by molar-refractivity contribution is 0.502. The Labute approximate surface area is 76.4 Å². The number of hydrogen-bond donors (Lipinski definition) is 0. The summed E-state index contributed by atoms with van der Waals surface area (Å²) in [6.45, 7) is 6.61. The van der Waals surface area contributed by atoms with Crippen molar-refractivity contribution < 1.29 is 0 Å². The van der Waals surface area contributed by atoms with Gasteiger partial charge in [-0.2, -0.15) is 0 Å². The maximum atomic E-state index is 2.37. The van der Waals surface area contributed by atoms with Crippen molar-refractivity contribution in [2.24, 2.45) is 17.8 Å². The lowest BCUT2D eigenvalue weighted by Gasteiger charge is -2.07. The molecule has 0 heterocycles. The molecule has 0 heteroatoms. The highest BCUT2D eigenvalue weighted by Crippen LogP contribution is 2.37. The molecule has 0 aromatic heterocycles. The van der Waals surface area contributed by atoms with Crippen molar-refractivity contribution >= 4 is 0 Å². The molecule has 1 saturated carbocycles. The topological polar surface area (TPSA) is 0 Å². The maximum absolute atomic E-state index is 2.37. The van der Waals surface area contributed by atoms with Crippen LogP contribution in [0.1, 0.15) is 33.6 Å². The first-order chi connectivity index (χ1) is 5.77. The molecule has 0 saturated heterocycles. The van der Waals surface area contributed by atoms with Crippen LogP contribution in [0.4, 0.5) is 0 Å². The quantitative estimate of drug-likeness (QED) is 0.544. The Balaban J connectivity index is 2.49. The molecular weight excluding hydrogens is 144 g/mol. The van der Waals surface area contributed by atoms with Crippen LogP contribution in [0.3, 0.4) is 0 Å². The minimum absolute atomic E-state index is 0.830. The Hall–Kier alpha value is -0.520. The highest BCUT2D eigenvalue weighted by Gasteiger charge is 2.27. The van der Waals surface area contributed by atoms with E-state index < -0.39 is 0 Å². The van der Waals surface area contributed by atoms with E-state index >= 15 is 0 Å². The molecule has 1 rings (SSSR count). The van der Waals surface area contributed by atoms with Gasteiger partial charge in [0.1, 0.15) is 0 Å². The van der Waals surface area contributed by atoms with E-state index in [0.717, 1.165) is 17.8 Å². The fourth-order valence-electron chi connectivity index (χ4n) is 2.28. The van der Waals surface area contributed by atoms with E-state index in [2.05, 4.69) is 45.1 Å². The normalized spacial score (nSPS) is 37.1. The number of allylic oxidation sites excluding steroid dienone is 4. The van der Waals surface area contributed by atoms with Crippen LogP contribution >= 0.6 is 0 Å². The second-order valence-corrected chi connectivity index (χ2v) is 3.92. The first-order valence-corrected chi connectivity index (χ1v) is 5.03. The van der Waals surface area contributed by atoms with Crippen molar-refractivity contribution in [2.45, 2.75) is 33.6 Å². The highest BCUT2D eigenvalue weighted by molar-refractivity contribution is 5.00. The third kappa shape index (κ3) is 2.23. The van der Waals surface area contributed by atoms with Gasteiger partial charge in [-0.1, -0.05) is 31.2 Å². The molecule has 1 aliphatic rings. The molecule has 3 atom stereocenters. The minimum Gasteiger partial charge on any atom is -0.0914 e. The summed E-state index contributed by atoms with van der Waals surface area (Å²) in [5.41, 5.74) is 0. The van der Waals surface area contributed by atoms with Crippen molar-refractivity contribution in [3.8, 4) is 0 Å². The van der Waals surface area contributed by atoms with E-state index in [1.807, 2.05) is 0 Å². The molecule has 0 N–H and O–H groups in total.